The first kappa shape index (κ1) is 14.1. The number of nitrogens with two attached hydrogens (primary N) is 1. The molecule has 0 bridgehead atoms. The lowest BCUT2D eigenvalue weighted by molar-refractivity contribution is -0.117. The molecule has 0 fully saturated rings. The number of carbonyl (C=O) groups is 1. The van der Waals surface area contributed by atoms with E-state index in [-0.39, 0.29) is 18.5 Å². The number of rotatable bonds is 6. The number of nitrogens with one attached hydrogen (secondary N) is 1. The van der Waals surface area contributed by atoms with E-state index >= 15 is 0 Å². The molecule has 0 heterocycles. The zero-order valence-corrected chi connectivity index (χ0v) is 11.4. The zero-order valence-electron chi connectivity index (χ0n) is 11.4. The Morgan fingerprint density at radius 1 is 1.15 bits per heavy atom. The maximum Gasteiger partial charge on any atom is 0.231 e. The van der Waals surface area contributed by atoms with Crippen LogP contribution in [0.5, 0.6) is 5.75 Å². The fourth-order valence-corrected chi connectivity index (χ4v) is 2.10. The molecule has 0 aromatic heterocycles. The van der Waals surface area contributed by atoms with Crippen molar-refractivity contribution >= 4 is 5.91 Å². The molecule has 0 saturated heterocycles. The second-order valence-electron chi connectivity index (χ2n) is 4.47. The van der Waals surface area contributed by atoms with Gasteiger partial charge in [0.25, 0.3) is 0 Å². The van der Waals surface area contributed by atoms with Crippen LogP contribution in [0.3, 0.4) is 0 Å². The van der Waals surface area contributed by atoms with Gasteiger partial charge in [-0.1, -0.05) is 42.5 Å². The average molecular weight is 270 g/mol. The molecule has 0 aliphatic heterocycles. The minimum absolute atomic E-state index is 0.0983. The highest BCUT2D eigenvalue weighted by Crippen LogP contribution is 2.24. The summed E-state index contributed by atoms with van der Waals surface area (Å²) >= 11 is 0. The van der Waals surface area contributed by atoms with Crippen LogP contribution in [0.2, 0.25) is 0 Å². The Bertz CT molecular complexity index is 570. The van der Waals surface area contributed by atoms with Crippen LogP contribution in [0.1, 0.15) is 17.2 Å². The molecule has 0 radical (unpaired) electrons. The molecule has 0 saturated carbocycles. The van der Waals surface area contributed by atoms with Crippen LogP contribution in [-0.4, -0.2) is 19.6 Å². The Kier molecular flexibility index (Phi) is 4.74. The minimum Gasteiger partial charge on any atom is -0.497 e. The Hall–Kier alpha value is -2.33. The van der Waals surface area contributed by atoms with Gasteiger partial charge in [-0.3, -0.25) is 10.1 Å². The largest absolute Gasteiger partial charge is 0.497 e. The summed E-state index contributed by atoms with van der Waals surface area (Å²) in [7, 11) is 1.63. The fraction of sp³-hybridized carbons (Fsp3) is 0.188. The lowest BCUT2D eigenvalue weighted by Gasteiger charge is -2.19. The maximum atomic E-state index is 11.0. The van der Waals surface area contributed by atoms with Gasteiger partial charge >= 0.3 is 0 Å². The molecule has 4 heteroatoms. The topological polar surface area (TPSA) is 64.3 Å². The van der Waals surface area contributed by atoms with Gasteiger partial charge in [-0.15, -0.1) is 0 Å². The molecule has 2 rings (SSSR count). The number of hydrogen-bond acceptors (Lipinski definition) is 3. The second-order valence-corrected chi connectivity index (χ2v) is 4.47. The summed E-state index contributed by atoms with van der Waals surface area (Å²) in [5, 5.41) is 3.17. The summed E-state index contributed by atoms with van der Waals surface area (Å²) < 4.78 is 5.25. The van der Waals surface area contributed by atoms with Crippen LogP contribution in [0.4, 0.5) is 0 Å². The molecule has 2 aromatic carbocycles. The summed E-state index contributed by atoms with van der Waals surface area (Å²) in [6.07, 6.45) is 0. The normalized spacial score (nSPS) is 11.8. The van der Waals surface area contributed by atoms with E-state index in [9.17, 15) is 4.79 Å². The standard InChI is InChI=1S/C16H18N2O2/c1-20-14-9-5-8-13(10-14)16(18-11-15(17)19)12-6-3-2-4-7-12/h2-10,16,18H,11H2,1H3,(H2,17,19). The summed E-state index contributed by atoms with van der Waals surface area (Å²) in [5.74, 6) is 0.401. The van der Waals surface area contributed by atoms with Crippen molar-refractivity contribution in [3.8, 4) is 5.75 Å². The zero-order chi connectivity index (χ0) is 14.4. The van der Waals surface area contributed by atoms with E-state index in [2.05, 4.69) is 5.32 Å². The predicted molar refractivity (Wildman–Crippen MR) is 78.5 cm³/mol. The second kappa shape index (κ2) is 6.73. The Labute approximate surface area is 118 Å². The monoisotopic (exact) mass is 270 g/mol. The average Bonchev–Trinajstić information content (AvgIpc) is 2.48. The van der Waals surface area contributed by atoms with Crippen molar-refractivity contribution in [3.63, 3.8) is 0 Å². The molecule has 1 unspecified atom stereocenters. The van der Waals surface area contributed by atoms with Gasteiger partial charge in [-0.25, -0.2) is 0 Å². The van der Waals surface area contributed by atoms with Crippen molar-refractivity contribution in [2.45, 2.75) is 6.04 Å². The van der Waals surface area contributed by atoms with Crippen LogP contribution < -0.4 is 15.8 Å². The first-order valence-electron chi connectivity index (χ1n) is 6.41. The third-order valence-corrected chi connectivity index (χ3v) is 3.04. The van der Waals surface area contributed by atoms with Crippen LogP contribution in [-0.2, 0) is 4.79 Å². The Balaban J connectivity index is 2.32. The molecule has 3 N–H and O–H groups in total. The molecular weight excluding hydrogens is 252 g/mol. The number of hydrogen-bond donors (Lipinski definition) is 2. The summed E-state index contributed by atoms with van der Waals surface area (Å²) in [6, 6.07) is 17.6. The molecule has 104 valence electrons. The quantitative estimate of drug-likeness (QED) is 0.842. The highest BCUT2D eigenvalue weighted by molar-refractivity contribution is 5.76. The molecule has 20 heavy (non-hydrogen) atoms. The summed E-state index contributed by atoms with van der Waals surface area (Å²) in [5.41, 5.74) is 7.32. The van der Waals surface area contributed by atoms with E-state index < -0.39 is 0 Å². The van der Waals surface area contributed by atoms with E-state index in [1.807, 2.05) is 54.6 Å². The van der Waals surface area contributed by atoms with Crippen molar-refractivity contribution in [1.82, 2.24) is 5.32 Å². The summed E-state index contributed by atoms with van der Waals surface area (Å²) in [6.45, 7) is 0.122. The van der Waals surface area contributed by atoms with E-state index in [1.165, 1.54) is 0 Å². The number of benzene rings is 2. The van der Waals surface area contributed by atoms with Gasteiger partial charge in [0, 0.05) is 0 Å². The van der Waals surface area contributed by atoms with Crippen molar-refractivity contribution < 1.29 is 9.53 Å². The van der Waals surface area contributed by atoms with Gasteiger partial charge < -0.3 is 10.5 Å². The van der Waals surface area contributed by atoms with Crippen molar-refractivity contribution in [3.05, 3.63) is 65.7 Å². The Morgan fingerprint density at radius 2 is 1.85 bits per heavy atom. The van der Waals surface area contributed by atoms with Gasteiger partial charge in [-0.2, -0.15) is 0 Å². The van der Waals surface area contributed by atoms with Gasteiger partial charge in [0.05, 0.1) is 19.7 Å². The van der Waals surface area contributed by atoms with Crippen molar-refractivity contribution in [2.75, 3.05) is 13.7 Å². The molecular formula is C16H18N2O2. The number of methoxy groups -OCH3 is 1. The van der Waals surface area contributed by atoms with E-state index in [4.69, 9.17) is 10.5 Å². The van der Waals surface area contributed by atoms with Crippen molar-refractivity contribution in [1.29, 1.82) is 0 Å². The lowest BCUT2D eigenvalue weighted by Crippen LogP contribution is -2.32. The molecule has 1 amide bonds. The van der Waals surface area contributed by atoms with Gasteiger partial charge in [0.2, 0.25) is 5.91 Å². The van der Waals surface area contributed by atoms with E-state index in [0.717, 1.165) is 16.9 Å². The van der Waals surface area contributed by atoms with E-state index in [1.54, 1.807) is 7.11 Å². The predicted octanol–water partition coefficient (Wildman–Crippen LogP) is 1.86. The minimum atomic E-state index is -0.381. The molecule has 0 spiro atoms. The third-order valence-electron chi connectivity index (χ3n) is 3.04. The highest BCUT2D eigenvalue weighted by atomic mass is 16.5. The first-order valence-corrected chi connectivity index (χ1v) is 6.41. The maximum absolute atomic E-state index is 11.0. The smallest absolute Gasteiger partial charge is 0.231 e. The van der Waals surface area contributed by atoms with Crippen LogP contribution in [0.25, 0.3) is 0 Å². The molecule has 0 aliphatic carbocycles. The van der Waals surface area contributed by atoms with Gasteiger partial charge in [-0.05, 0) is 23.3 Å². The fourth-order valence-electron chi connectivity index (χ4n) is 2.10. The highest BCUT2D eigenvalue weighted by Gasteiger charge is 2.14. The Morgan fingerprint density at radius 3 is 2.50 bits per heavy atom. The van der Waals surface area contributed by atoms with Crippen LogP contribution >= 0.6 is 0 Å². The number of carbonyl (C=O) groups excluding carboxylic acids is 1. The van der Waals surface area contributed by atoms with Crippen molar-refractivity contribution in [2.24, 2.45) is 5.73 Å². The van der Waals surface area contributed by atoms with Gasteiger partial charge in [0.15, 0.2) is 0 Å². The number of primary amides is 1. The first-order chi connectivity index (χ1) is 9.70. The molecule has 1 atom stereocenters. The van der Waals surface area contributed by atoms with E-state index in [0.29, 0.717) is 0 Å². The molecule has 0 aliphatic rings. The molecule has 4 nitrogen and oxygen atoms in total. The summed E-state index contributed by atoms with van der Waals surface area (Å²) in [4.78, 5) is 11.0. The number of amides is 1. The van der Waals surface area contributed by atoms with Crippen LogP contribution in [0.15, 0.2) is 54.6 Å². The number of ether oxygens (including phenoxy) is 1. The molecule has 2 aromatic rings. The van der Waals surface area contributed by atoms with Crippen LogP contribution in [0, 0.1) is 0 Å². The lowest BCUT2D eigenvalue weighted by atomic mass is 9.98. The third kappa shape index (κ3) is 3.59. The SMILES string of the molecule is COc1cccc(C(NCC(N)=O)c2ccccc2)c1. The van der Waals surface area contributed by atoms with Gasteiger partial charge in [0.1, 0.15) is 5.75 Å².